The topological polar surface area (TPSA) is 87.2 Å². The van der Waals surface area contributed by atoms with Crippen LogP contribution in [0.2, 0.25) is 0 Å². The van der Waals surface area contributed by atoms with Gasteiger partial charge in [0.05, 0.1) is 0 Å². The molecule has 0 aliphatic heterocycles. The fourth-order valence-electron chi connectivity index (χ4n) is 3.06. The van der Waals surface area contributed by atoms with Gasteiger partial charge in [0.15, 0.2) is 4.91 Å². The Bertz CT molecular complexity index is 1180. The van der Waals surface area contributed by atoms with Crippen LogP contribution in [0.25, 0.3) is 27.3 Å². The zero-order valence-corrected chi connectivity index (χ0v) is 17.3. The molecule has 0 bridgehead atoms. The summed E-state index contributed by atoms with van der Waals surface area (Å²) < 4.78 is 22.8. The van der Waals surface area contributed by atoms with Crippen LogP contribution in [0.3, 0.4) is 0 Å². The fourth-order valence-corrected chi connectivity index (χ4v) is 4.51. The molecule has 0 unspecified atom stereocenters. The summed E-state index contributed by atoms with van der Waals surface area (Å²) in [6.07, 6.45) is 1.31. The predicted molar refractivity (Wildman–Crippen MR) is 118 cm³/mol. The van der Waals surface area contributed by atoms with E-state index in [0.717, 1.165) is 28.9 Å². The molecule has 1 aromatic heterocycles. The normalized spacial score (nSPS) is 12.1. The van der Waals surface area contributed by atoms with E-state index in [1.165, 1.54) is 28.5 Å². The van der Waals surface area contributed by atoms with E-state index >= 15 is 0 Å². The molecule has 0 atom stereocenters. The third-order valence-electron chi connectivity index (χ3n) is 4.55. The van der Waals surface area contributed by atoms with Crippen LogP contribution in [0, 0.1) is 11.3 Å². The van der Waals surface area contributed by atoms with E-state index in [4.69, 9.17) is 10.4 Å². The van der Waals surface area contributed by atoms with Gasteiger partial charge in [0.1, 0.15) is 6.07 Å². The Morgan fingerprint density at radius 3 is 2.43 bits per heavy atom. The van der Waals surface area contributed by atoms with Crippen LogP contribution in [0.5, 0.6) is 0 Å². The van der Waals surface area contributed by atoms with Gasteiger partial charge in [0, 0.05) is 28.5 Å². The Hall–Kier alpha value is -2.66. The van der Waals surface area contributed by atoms with Gasteiger partial charge in [-0.2, -0.15) is 5.26 Å². The van der Waals surface area contributed by atoms with E-state index in [9.17, 15) is 8.42 Å². The van der Waals surface area contributed by atoms with Gasteiger partial charge < -0.3 is 4.90 Å². The number of rotatable bonds is 6. The van der Waals surface area contributed by atoms with Crippen LogP contribution >= 0.6 is 11.3 Å². The predicted octanol–water partition coefficient (Wildman–Crippen LogP) is 4.57. The van der Waals surface area contributed by atoms with Gasteiger partial charge in [-0.15, -0.1) is 11.3 Å². The molecule has 0 amide bonds. The van der Waals surface area contributed by atoms with E-state index in [1.54, 1.807) is 12.1 Å². The zero-order valence-electron chi connectivity index (χ0n) is 15.7. The van der Waals surface area contributed by atoms with E-state index in [2.05, 4.69) is 55.1 Å². The van der Waals surface area contributed by atoms with Crippen molar-refractivity contribution in [2.75, 3.05) is 18.0 Å². The molecular formula is C21H21N3O2S2. The second-order valence-electron chi connectivity index (χ2n) is 6.29. The quantitative estimate of drug-likeness (QED) is 0.602. The van der Waals surface area contributed by atoms with Crippen LogP contribution < -0.4 is 10.0 Å². The van der Waals surface area contributed by atoms with Crippen molar-refractivity contribution >= 4 is 43.9 Å². The monoisotopic (exact) mass is 411 g/mol. The van der Waals surface area contributed by atoms with E-state index in [0.29, 0.717) is 4.88 Å². The number of nitrogens with zero attached hydrogens (tertiary/aromatic N) is 2. The van der Waals surface area contributed by atoms with Crippen molar-refractivity contribution < 1.29 is 8.42 Å². The zero-order chi connectivity index (χ0) is 20.3. The van der Waals surface area contributed by atoms with Crippen molar-refractivity contribution in [1.29, 1.82) is 5.26 Å². The van der Waals surface area contributed by atoms with Crippen LogP contribution in [0.15, 0.2) is 53.4 Å². The number of nitriles is 1. The molecule has 1 heterocycles. The first-order valence-corrected chi connectivity index (χ1v) is 11.3. The van der Waals surface area contributed by atoms with Crippen molar-refractivity contribution in [2.24, 2.45) is 5.14 Å². The number of thiophene rings is 1. The Morgan fingerprint density at radius 1 is 1.11 bits per heavy atom. The van der Waals surface area contributed by atoms with Crippen LogP contribution in [0.1, 0.15) is 18.7 Å². The van der Waals surface area contributed by atoms with Gasteiger partial charge in [0.2, 0.25) is 10.0 Å². The van der Waals surface area contributed by atoms with Gasteiger partial charge in [0.25, 0.3) is 0 Å². The number of benzene rings is 2. The third kappa shape index (κ3) is 4.25. The molecule has 0 fully saturated rings. The Labute approximate surface area is 169 Å². The summed E-state index contributed by atoms with van der Waals surface area (Å²) >= 11 is 1.41. The van der Waals surface area contributed by atoms with Gasteiger partial charge in [-0.1, -0.05) is 18.2 Å². The average Bonchev–Trinajstić information content (AvgIpc) is 3.14. The first kappa shape index (κ1) is 20.1. The number of hydrogen-bond acceptors (Lipinski definition) is 5. The van der Waals surface area contributed by atoms with Crippen molar-refractivity contribution in [3.05, 3.63) is 58.3 Å². The molecule has 5 nitrogen and oxygen atoms in total. The molecule has 144 valence electrons. The number of sulfonamides is 1. The first-order valence-electron chi connectivity index (χ1n) is 8.89. The number of hydrogen-bond donors (Lipinski definition) is 1. The smallest absolute Gasteiger partial charge is 0.248 e. The molecule has 0 radical (unpaired) electrons. The summed E-state index contributed by atoms with van der Waals surface area (Å²) in [4.78, 5) is 3.53. The van der Waals surface area contributed by atoms with Crippen molar-refractivity contribution in [3.8, 4) is 16.5 Å². The molecule has 2 N–H and O–H groups in total. The summed E-state index contributed by atoms with van der Waals surface area (Å²) in [6.45, 7) is 6.23. The van der Waals surface area contributed by atoms with Crippen LogP contribution in [0.4, 0.5) is 5.69 Å². The molecule has 3 rings (SSSR count). The van der Waals surface area contributed by atoms with Crippen LogP contribution in [-0.2, 0) is 10.0 Å². The lowest BCUT2D eigenvalue weighted by molar-refractivity contribution is 0.605. The van der Waals surface area contributed by atoms with E-state index in [-0.39, 0.29) is 0 Å². The molecule has 0 aliphatic carbocycles. The molecule has 2 aromatic carbocycles. The summed E-state index contributed by atoms with van der Waals surface area (Å²) in [6, 6.07) is 18.1. The Kier molecular flexibility index (Phi) is 5.84. The van der Waals surface area contributed by atoms with Crippen molar-refractivity contribution in [2.45, 2.75) is 13.8 Å². The van der Waals surface area contributed by atoms with Gasteiger partial charge in [-0.25, -0.2) is 13.6 Å². The molecular weight excluding hydrogens is 390 g/mol. The van der Waals surface area contributed by atoms with Gasteiger partial charge >= 0.3 is 0 Å². The minimum atomic E-state index is -4.01. The molecule has 0 saturated carbocycles. The largest absolute Gasteiger partial charge is 0.372 e. The van der Waals surface area contributed by atoms with Gasteiger partial charge in [-0.3, -0.25) is 0 Å². The van der Waals surface area contributed by atoms with Crippen LogP contribution in [-0.4, -0.2) is 21.5 Å². The van der Waals surface area contributed by atoms with E-state index in [1.807, 2.05) is 6.07 Å². The van der Waals surface area contributed by atoms with E-state index < -0.39 is 14.9 Å². The highest BCUT2D eigenvalue weighted by molar-refractivity contribution is 7.93. The lowest BCUT2D eigenvalue weighted by Crippen LogP contribution is -2.21. The highest BCUT2D eigenvalue weighted by Crippen LogP contribution is 2.32. The minimum Gasteiger partial charge on any atom is -0.372 e. The number of nitrogens with two attached hydrogens (primary N) is 1. The second-order valence-corrected chi connectivity index (χ2v) is 8.93. The summed E-state index contributed by atoms with van der Waals surface area (Å²) in [7, 11) is -4.01. The number of allylic oxidation sites excluding steroid dienone is 1. The van der Waals surface area contributed by atoms with Crippen molar-refractivity contribution in [1.82, 2.24) is 0 Å². The summed E-state index contributed by atoms with van der Waals surface area (Å²) in [5.74, 6) is 0. The number of anilines is 1. The van der Waals surface area contributed by atoms with Crippen molar-refractivity contribution in [3.63, 3.8) is 0 Å². The van der Waals surface area contributed by atoms with Gasteiger partial charge in [-0.05, 0) is 66.6 Å². The molecule has 0 saturated heterocycles. The maximum atomic E-state index is 11.4. The maximum absolute atomic E-state index is 11.4. The maximum Gasteiger partial charge on any atom is 0.248 e. The fraction of sp³-hybridized carbons (Fsp3) is 0.190. The highest BCUT2D eigenvalue weighted by atomic mass is 32.2. The first-order chi connectivity index (χ1) is 13.4. The number of fused-ring (bicyclic) bond motifs is 1. The second kappa shape index (κ2) is 8.15. The minimum absolute atomic E-state index is 0.441. The SMILES string of the molecule is CCN(CC)c1ccc2cc(-c3ccc(/C=C(\C#N)S(N)(=O)=O)s3)ccc2c1. The molecule has 0 aliphatic rings. The summed E-state index contributed by atoms with van der Waals surface area (Å²) in [5, 5.41) is 16.4. The number of primary sulfonamides is 1. The average molecular weight is 412 g/mol. The Morgan fingerprint density at radius 2 is 1.79 bits per heavy atom. The lowest BCUT2D eigenvalue weighted by atomic mass is 10.0. The molecule has 28 heavy (non-hydrogen) atoms. The highest BCUT2D eigenvalue weighted by Gasteiger charge is 2.12. The molecule has 0 spiro atoms. The third-order valence-corrected chi connectivity index (χ3v) is 6.46. The molecule has 7 heteroatoms. The molecule has 3 aromatic rings. The summed E-state index contributed by atoms with van der Waals surface area (Å²) in [5.41, 5.74) is 2.25. The Balaban J connectivity index is 1.95. The lowest BCUT2D eigenvalue weighted by Gasteiger charge is -2.21. The standard InChI is InChI=1S/C21H21N3O2S2/c1-3-24(4-2)18-8-7-15-11-17(6-5-16(15)12-18)21-10-9-19(27-21)13-20(14-22)28(23,25)26/h5-13H,3-4H2,1-2H3,(H2,23,25,26)/b20-13+.